The van der Waals surface area contributed by atoms with E-state index in [-0.39, 0.29) is 18.4 Å². The molecule has 0 unspecified atom stereocenters. The van der Waals surface area contributed by atoms with Crippen molar-refractivity contribution < 1.29 is 14.1 Å². The fraction of sp³-hybridized carbons (Fsp3) is 0.421. The quantitative estimate of drug-likeness (QED) is 0.741. The van der Waals surface area contributed by atoms with Gasteiger partial charge in [0.2, 0.25) is 11.8 Å². The molecule has 3 N–H and O–H groups in total. The molecule has 8 nitrogen and oxygen atoms in total. The minimum atomic E-state index is -0.136. The average molecular weight is 371 g/mol. The molecule has 8 heteroatoms. The summed E-state index contributed by atoms with van der Waals surface area (Å²) < 4.78 is 4.93. The second-order valence-corrected chi connectivity index (χ2v) is 6.73. The van der Waals surface area contributed by atoms with E-state index in [1.807, 2.05) is 34.1 Å². The van der Waals surface area contributed by atoms with Gasteiger partial charge in [0, 0.05) is 44.4 Å². The molecule has 0 spiro atoms. The molecule has 1 aromatic carbocycles. The Bertz CT molecular complexity index is 796. The summed E-state index contributed by atoms with van der Waals surface area (Å²) in [5.74, 6) is 1.06. The highest BCUT2D eigenvalue weighted by atomic mass is 16.5. The maximum absolute atomic E-state index is 12.4. The summed E-state index contributed by atoms with van der Waals surface area (Å²) in [4.78, 5) is 28.4. The number of nitrogens with two attached hydrogens (primary N) is 1. The number of para-hydroxylation sites is 1. The lowest BCUT2D eigenvalue weighted by Gasteiger charge is -2.34. The number of hydrogen-bond acceptors (Lipinski definition) is 6. The third kappa shape index (κ3) is 5.30. The Labute approximate surface area is 158 Å². The van der Waals surface area contributed by atoms with Crippen LogP contribution in [-0.4, -0.2) is 59.5 Å². The van der Waals surface area contributed by atoms with Crippen LogP contribution in [0.2, 0.25) is 0 Å². The number of piperazine rings is 1. The lowest BCUT2D eigenvalue weighted by atomic mass is 10.1. The van der Waals surface area contributed by atoms with Gasteiger partial charge in [-0.15, -0.1) is 0 Å². The summed E-state index contributed by atoms with van der Waals surface area (Å²) in [5.41, 5.74) is 7.66. The fourth-order valence-corrected chi connectivity index (χ4v) is 3.13. The molecule has 0 saturated carbocycles. The van der Waals surface area contributed by atoms with Crippen LogP contribution < -0.4 is 11.1 Å². The van der Waals surface area contributed by atoms with Gasteiger partial charge in [0.15, 0.2) is 5.82 Å². The zero-order valence-corrected chi connectivity index (χ0v) is 15.5. The standard InChI is InChI=1S/C19H25N5O3/c1-14-12-17(22-27-14)21-18(25)13-23-8-10-24(11-9-23)19(26)7-6-15-4-2-3-5-16(15)20/h2-5,12H,6-11,13,20H2,1H3,(H,21,22,25). The Morgan fingerprint density at radius 2 is 1.96 bits per heavy atom. The number of carbonyl (C=O) groups excluding carboxylic acids is 2. The molecule has 0 aliphatic carbocycles. The molecular formula is C19H25N5O3. The highest BCUT2D eigenvalue weighted by Crippen LogP contribution is 2.14. The Morgan fingerprint density at radius 1 is 1.22 bits per heavy atom. The van der Waals surface area contributed by atoms with Crippen LogP contribution in [0.4, 0.5) is 11.5 Å². The van der Waals surface area contributed by atoms with Crippen molar-refractivity contribution in [1.82, 2.24) is 15.0 Å². The van der Waals surface area contributed by atoms with Crippen LogP contribution in [0, 0.1) is 6.92 Å². The second-order valence-electron chi connectivity index (χ2n) is 6.73. The summed E-state index contributed by atoms with van der Waals surface area (Å²) in [6.45, 7) is 4.63. The number of aromatic nitrogens is 1. The van der Waals surface area contributed by atoms with E-state index in [0.717, 1.165) is 11.3 Å². The molecule has 1 aliphatic heterocycles. The van der Waals surface area contributed by atoms with E-state index in [0.29, 0.717) is 50.6 Å². The van der Waals surface area contributed by atoms with Crippen LogP contribution in [0.1, 0.15) is 17.7 Å². The molecule has 2 amide bonds. The van der Waals surface area contributed by atoms with E-state index >= 15 is 0 Å². The van der Waals surface area contributed by atoms with Crippen molar-refractivity contribution in [2.75, 3.05) is 43.8 Å². The van der Waals surface area contributed by atoms with Crippen LogP contribution in [0.3, 0.4) is 0 Å². The van der Waals surface area contributed by atoms with Crippen molar-refractivity contribution in [3.8, 4) is 0 Å². The van der Waals surface area contributed by atoms with Crippen LogP contribution in [0.5, 0.6) is 0 Å². The van der Waals surface area contributed by atoms with Gasteiger partial charge in [-0.3, -0.25) is 14.5 Å². The largest absolute Gasteiger partial charge is 0.399 e. The van der Waals surface area contributed by atoms with Crippen LogP contribution in [0.25, 0.3) is 0 Å². The summed E-state index contributed by atoms with van der Waals surface area (Å²) in [7, 11) is 0. The first-order valence-corrected chi connectivity index (χ1v) is 9.08. The van der Waals surface area contributed by atoms with Crippen molar-refractivity contribution in [2.24, 2.45) is 0 Å². The first kappa shape index (κ1) is 18.9. The smallest absolute Gasteiger partial charge is 0.239 e. The van der Waals surface area contributed by atoms with Crippen molar-refractivity contribution in [1.29, 1.82) is 0 Å². The molecule has 144 valence electrons. The molecule has 0 atom stereocenters. The van der Waals surface area contributed by atoms with Crippen molar-refractivity contribution >= 4 is 23.3 Å². The number of carbonyl (C=O) groups is 2. The van der Waals surface area contributed by atoms with E-state index in [2.05, 4.69) is 10.5 Å². The Morgan fingerprint density at radius 3 is 2.63 bits per heavy atom. The van der Waals surface area contributed by atoms with Crippen molar-refractivity contribution in [2.45, 2.75) is 19.8 Å². The molecule has 1 fully saturated rings. The van der Waals surface area contributed by atoms with Gasteiger partial charge in [0.05, 0.1) is 6.54 Å². The van der Waals surface area contributed by atoms with Crippen LogP contribution >= 0.6 is 0 Å². The first-order valence-electron chi connectivity index (χ1n) is 9.08. The zero-order chi connectivity index (χ0) is 19.2. The third-order valence-electron chi connectivity index (χ3n) is 4.65. The third-order valence-corrected chi connectivity index (χ3v) is 4.65. The molecule has 1 aliphatic rings. The number of anilines is 2. The topological polar surface area (TPSA) is 105 Å². The van der Waals surface area contributed by atoms with Crippen molar-refractivity contribution in [3.05, 3.63) is 41.7 Å². The molecule has 3 rings (SSSR count). The molecular weight excluding hydrogens is 346 g/mol. The highest BCUT2D eigenvalue weighted by Gasteiger charge is 2.22. The lowest BCUT2D eigenvalue weighted by Crippen LogP contribution is -2.50. The Hall–Kier alpha value is -2.87. The second kappa shape index (κ2) is 8.68. The van der Waals surface area contributed by atoms with E-state index < -0.39 is 0 Å². The predicted octanol–water partition coefficient (Wildman–Crippen LogP) is 1.28. The maximum Gasteiger partial charge on any atom is 0.239 e. The minimum Gasteiger partial charge on any atom is -0.399 e. The Balaban J connectivity index is 1.39. The molecule has 27 heavy (non-hydrogen) atoms. The van der Waals surface area contributed by atoms with E-state index in [4.69, 9.17) is 10.3 Å². The van der Waals surface area contributed by atoms with Gasteiger partial charge in [-0.25, -0.2) is 0 Å². The van der Waals surface area contributed by atoms with E-state index in [9.17, 15) is 9.59 Å². The normalized spacial score (nSPS) is 14.9. The van der Waals surface area contributed by atoms with Gasteiger partial charge in [-0.05, 0) is 25.0 Å². The van der Waals surface area contributed by atoms with Gasteiger partial charge in [-0.2, -0.15) is 0 Å². The average Bonchev–Trinajstić information content (AvgIpc) is 3.06. The fourth-order valence-electron chi connectivity index (χ4n) is 3.13. The van der Waals surface area contributed by atoms with Gasteiger partial charge >= 0.3 is 0 Å². The molecule has 0 radical (unpaired) electrons. The number of hydrogen-bond donors (Lipinski definition) is 2. The van der Waals surface area contributed by atoms with Gasteiger partial charge in [-0.1, -0.05) is 23.4 Å². The SMILES string of the molecule is Cc1cc(NC(=O)CN2CCN(C(=O)CCc3ccccc3N)CC2)no1. The molecule has 2 aromatic rings. The van der Waals surface area contributed by atoms with Gasteiger partial charge < -0.3 is 20.5 Å². The number of nitrogens with one attached hydrogen (secondary N) is 1. The number of nitrogens with zero attached hydrogens (tertiary/aromatic N) is 3. The summed E-state index contributed by atoms with van der Waals surface area (Å²) in [6, 6.07) is 9.30. The molecule has 1 aromatic heterocycles. The Kier molecular flexibility index (Phi) is 6.08. The molecule has 1 saturated heterocycles. The maximum atomic E-state index is 12.4. The monoisotopic (exact) mass is 371 g/mol. The van der Waals surface area contributed by atoms with E-state index in [1.54, 1.807) is 13.0 Å². The zero-order valence-electron chi connectivity index (χ0n) is 15.5. The molecule has 0 bridgehead atoms. The molecule has 2 heterocycles. The van der Waals surface area contributed by atoms with E-state index in [1.165, 1.54) is 0 Å². The summed E-state index contributed by atoms with van der Waals surface area (Å²) in [6.07, 6.45) is 1.09. The van der Waals surface area contributed by atoms with Crippen molar-refractivity contribution in [3.63, 3.8) is 0 Å². The van der Waals surface area contributed by atoms with Crippen LogP contribution in [0.15, 0.2) is 34.9 Å². The van der Waals surface area contributed by atoms with Gasteiger partial charge in [0.25, 0.3) is 0 Å². The minimum absolute atomic E-state index is 0.125. The highest BCUT2D eigenvalue weighted by molar-refractivity contribution is 5.91. The van der Waals surface area contributed by atoms with Gasteiger partial charge in [0.1, 0.15) is 5.76 Å². The number of amides is 2. The summed E-state index contributed by atoms with van der Waals surface area (Å²) in [5, 5.41) is 6.46. The number of benzene rings is 1. The lowest BCUT2D eigenvalue weighted by molar-refractivity contribution is -0.133. The number of rotatable bonds is 6. The summed E-state index contributed by atoms with van der Waals surface area (Å²) >= 11 is 0. The predicted molar refractivity (Wildman–Crippen MR) is 102 cm³/mol. The number of nitrogen functional groups attached to an aromatic ring is 1. The first-order chi connectivity index (χ1) is 13.0. The van der Waals surface area contributed by atoms with Crippen LogP contribution in [-0.2, 0) is 16.0 Å². The number of aryl methyl sites for hydroxylation is 2.